The molecule has 2 rings (SSSR count). The van der Waals surface area contributed by atoms with E-state index >= 15 is 0 Å². The van der Waals surface area contributed by atoms with Gasteiger partial charge in [-0.05, 0) is 19.1 Å². The van der Waals surface area contributed by atoms with Gasteiger partial charge >= 0.3 is 0 Å². The zero-order chi connectivity index (χ0) is 14.2. The van der Waals surface area contributed by atoms with E-state index in [1.165, 1.54) is 6.07 Å². The van der Waals surface area contributed by atoms with Crippen LogP contribution in [0.2, 0.25) is 5.02 Å². The molecule has 19 heavy (non-hydrogen) atoms. The van der Waals surface area contributed by atoms with E-state index in [0.717, 1.165) is 16.4 Å². The maximum Gasteiger partial charge on any atom is 0.291 e. The Morgan fingerprint density at radius 2 is 2.16 bits per heavy atom. The standard InChI is InChI=1S/C10H10ClN3O4S/c1-7-12-4-5-13(7)19(17,18)10-3-2-8(11)6-9(10)14(15)16/h2-3,6H,4-5H2,1H3. The highest BCUT2D eigenvalue weighted by Gasteiger charge is 2.34. The summed E-state index contributed by atoms with van der Waals surface area (Å²) in [7, 11) is -3.98. The van der Waals surface area contributed by atoms with Gasteiger partial charge in [0.25, 0.3) is 15.7 Å². The van der Waals surface area contributed by atoms with E-state index in [9.17, 15) is 18.5 Å². The van der Waals surface area contributed by atoms with Crippen LogP contribution < -0.4 is 0 Å². The van der Waals surface area contributed by atoms with E-state index in [1.54, 1.807) is 6.92 Å². The van der Waals surface area contributed by atoms with Crippen molar-refractivity contribution in [3.8, 4) is 0 Å². The Labute approximate surface area is 114 Å². The molecular weight excluding hydrogens is 294 g/mol. The molecule has 0 amide bonds. The summed E-state index contributed by atoms with van der Waals surface area (Å²) in [6.45, 7) is 2.09. The molecule has 0 fully saturated rings. The second kappa shape index (κ2) is 4.78. The second-order valence-corrected chi connectivity index (χ2v) is 6.14. The molecule has 0 aromatic heterocycles. The average Bonchev–Trinajstić information content (AvgIpc) is 2.75. The minimum absolute atomic E-state index is 0.109. The Morgan fingerprint density at radius 1 is 1.47 bits per heavy atom. The molecule has 0 saturated carbocycles. The minimum atomic E-state index is -3.98. The van der Waals surface area contributed by atoms with Crippen molar-refractivity contribution in [3.63, 3.8) is 0 Å². The smallest absolute Gasteiger partial charge is 0.270 e. The van der Waals surface area contributed by atoms with Crippen LogP contribution in [0.15, 0.2) is 28.1 Å². The van der Waals surface area contributed by atoms with Crippen LogP contribution in [-0.4, -0.2) is 36.6 Å². The molecule has 7 nitrogen and oxygen atoms in total. The molecule has 1 aliphatic rings. The van der Waals surface area contributed by atoms with E-state index in [2.05, 4.69) is 4.99 Å². The number of hydrogen-bond donors (Lipinski definition) is 0. The number of amidine groups is 1. The molecule has 0 unspecified atom stereocenters. The highest BCUT2D eigenvalue weighted by Crippen LogP contribution is 2.30. The highest BCUT2D eigenvalue weighted by molar-refractivity contribution is 7.89. The zero-order valence-electron chi connectivity index (χ0n) is 9.91. The normalized spacial score (nSPS) is 15.5. The molecule has 1 aliphatic heterocycles. The number of nitro benzene ring substituents is 1. The predicted octanol–water partition coefficient (Wildman–Crippen LogP) is 1.67. The first kappa shape index (κ1) is 13.8. The molecule has 0 radical (unpaired) electrons. The molecule has 0 aliphatic carbocycles. The predicted molar refractivity (Wildman–Crippen MR) is 70.0 cm³/mol. The number of halogens is 1. The van der Waals surface area contributed by atoms with Crippen molar-refractivity contribution in [1.29, 1.82) is 0 Å². The minimum Gasteiger partial charge on any atom is -0.270 e. The fourth-order valence-corrected chi connectivity index (χ4v) is 3.58. The van der Waals surface area contributed by atoms with Crippen molar-refractivity contribution in [2.24, 2.45) is 4.99 Å². The molecule has 0 spiro atoms. The maximum atomic E-state index is 12.4. The largest absolute Gasteiger partial charge is 0.291 e. The molecule has 9 heteroatoms. The molecule has 0 bridgehead atoms. The summed E-state index contributed by atoms with van der Waals surface area (Å²) in [4.78, 5) is 13.8. The van der Waals surface area contributed by atoms with E-state index in [0.29, 0.717) is 12.4 Å². The fraction of sp³-hybridized carbons (Fsp3) is 0.300. The summed E-state index contributed by atoms with van der Waals surface area (Å²) in [6.07, 6.45) is 0. The first-order valence-electron chi connectivity index (χ1n) is 5.32. The van der Waals surface area contributed by atoms with Crippen LogP contribution in [0.1, 0.15) is 6.92 Å². The van der Waals surface area contributed by atoms with Crippen molar-refractivity contribution in [2.45, 2.75) is 11.8 Å². The Balaban J connectivity index is 2.58. The van der Waals surface area contributed by atoms with Gasteiger partial charge < -0.3 is 0 Å². The van der Waals surface area contributed by atoms with Crippen LogP contribution in [0, 0.1) is 10.1 Å². The summed E-state index contributed by atoms with van der Waals surface area (Å²) in [5, 5.41) is 11.1. The van der Waals surface area contributed by atoms with Crippen molar-refractivity contribution < 1.29 is 13.3 Å². The van der Waals surface area contributed by atoms with Gasteiger partial charge in [0, 0.05) is 11.1 Å². The summed E-state index contributed by atoms with van der Waals surface area (Å²) in [5.74, 6) is 0.323. The van der Waals surface area contributed by atoms with Gasteiger partial charge in [0.2, 0.25) is 0 Å². The lowest BCUT2D eigenvalue weighted by Gasteiger charge is -2.18. The lowest BCUT2D eigenvalue weighted by atomic mass is 10.3. The van der Waals surface area contributed by atoms with Crippen molar-refractivity contribution in [2.75, 3.05) is 13.1 Å². The van der Waals surface area contributed by atoms with Crippen LogP contribution in [-0.2, 0) is 10.0 Å². The number of nitrogens with zero attached hydrogens (tertiary/aromatic N) is 3. The summed E-state index contributed by atoms with van der Waals surface area (Å²) >= 11 is 5.66. The van der Waals surface area contributed by atoms with Gasteiger partial charge in [-0.1, -0.05) is 11.6 Å². The lowest BCUT2D eigenvalue weighted by Crippen LogP contribution is -2.33. The van der Waals surface area contributed by atoms with E-state index < -0.39 is 20.6 Å². The van der Waals surface area contributed by atoms with Gasteiger partial charge in [-0.25, -0.2) is 8.42 Å². The molecule has 1 aromatic carbocycles. The van der Waals surface area contributed by atoms with Gasteiger partial charge in [-0.3, -0.25) is 19.4 Å². The van der Waals surface area contributed by atoms with Gasteiger partial charge in [-0.15, -0.1) is 0 Å². The number of benzene rings is 1. The van der Waals surface area contributed by atoms with Gasteiger partial charge in [0.15, 0.2) is 4.90 Å². The van der Waals surface area contributed by atoms with E-state index in [4.69, 9.17) is 11.6 Å². The SMILES string of the molecule is CC1=NCCN1S(=O)(=O)c1ccc(Cl)cc1[N+](=O)[O-]. The van der Waals surface area contributed by atoms with Crippen LogP contribution in [0.4, 0.5) is 5.69 Å². The number of sulfonamides is 1. The maximum absolute atomic E-state index is 12.4. The van der Waals surface area contributed by atoms with Gasteiger partial charge in [-0.2, -0.15) is 0 Å². The third-order valence-corrected chi connectivity index (χ3v) is 4.85. The molecule has 1 aromatic rings. The average molecular weight is 304 g/mol. The van der Waals surface area contributed by atoms with Gasteiger partial charge in [0.1, 0.15) is 5.84 Å². The number of nitro groups is 1. The van der Waals surface area contributed by atoms with Crippen LogP contribution >= 0.6 is 11.6 Å². The Morgan fingerprint density at radius 3 is 2.68 bits per heavy atom. The number of hydrogen-bond acceptors (Lipinski definition) is 5. The van der Waals surface area contributed by atoms with Gasteiger partial charge in [0.05, 0.1) is 18.0 Å². The molecule has 0 atom stereocenters. The summed E-state index contributed by atoms with van der Waals surface area (Å²) in [6, 6.07) is 3.47. The van der Waals surface area contributed by atoms with Crippen molar-refractivity contribution in [3.05, 3.63) is 33.3 Å². The first-order valence-corrected chi connectivity index (χ1v) is 7.13. The van der Waals surface area contributed by atoms with E-state index in [1.807, 2.05) is 0 Å². The fourth-order valence-electron chi connectivity index (χ4n) is 1.81. The number of rotatable bonds is 3. The van der Waals surface area contributed by atoms with Crippen LogP contribution in [0.3, 0.4) is 0 Å². The third kappa shape index (κ3) is 2.41. The Kier molecular flexibility index (Phi) is 3.46. The molecule has 0 N–H and O–H groups in total. The van der Waals surface area contributed by atoms with Crippen molar-refractivity contribution in [1.82, 2.24) is 4.31 Å². The second-order valence-electron chi connectivity index (χ2n) is 3.88. The molecular formula is C10H10ClN3O4S. The van der Waals surface area contributed by atoms with E-state index in [-0.39, 0.29) is 16.5 Å². The number of aliphatic imine (C=N–C) groups is 1. The zero-order valence-corrected chi connectivity index (χ0v) is 11.5. The summed E-state index contributed by atoms with van der Waals surface area (Å²) in [5.41, 5.74) is -0.535. The van der Waals surface area contributed by atoms with Crippen LogP contribution in [0.5, 0.6) is 0 Å². The lowest BCUT2D eigenvalue weighted by molar-refractivity contribution is -0.387. The highest BCUT2D eigenvalue weighted by atomic mass is 35.5. The Bertz CT molecular complexity index is 671. The molecule has 102 valence electrons. The topological polar surface area (TPSA) is 92.9 Å². The van der Waals surface area contributed by atoms with Crippen LogP contribution in [0.25, 0.3) is 0 Å². The molecule has 0 saturated heterocycles. The third-order valence-electron chi connectivity index (χ3n) is 2.69. The monoisotopic (exact) mass is 303 g/mol. The Hall–Kier alpha value is -1.67. The quantitative estimate of drug-likeness (QED) is 0.627. The first-order chi connectivity index (χ1) is 8.84. The summed E-state index contributed by atoms with van der Waals surface area (Å²) < 4.78 is 25.8. The van der Waals surface area contributed by atoms with Crippen molar-refractivity contribution >= 4 is 33.1 Å². The molecule has 1 heterocycles.